The minimum Gasteiger partial charge on any atom is -0.480 e. The Hall–Kier alpha value is -9.36. The summed E-state index contributed by atoms with van der Waals surface area (Å²) >= 11 is 0. The summed E-state index contributed by atoms with van der Waals surface area (Å²) in [6.45, 7) is 16.3. The Labute approximate surface area is 526 Å². The van der Waals surface area contributed by atoms with Crippen LogP contribution in [0.5, 0.6) is 0 Å². The lowest BCUT2D eigenvalue weighted by atomic mass is 9.98. The fourth-order valence-corrected chi connectivity index (χ4v) is 9.83. The predicted octanol–water partition coefficient (Wildman–Crippen LogP) is 12.0. The lowest BCUT2D eigenvalue weighted by molar-refractivity contribution is -0.157. The number of aliphatic carboxylic acids is 1. The number of carboxylic acid groups (broad SMARTS) is 1. The Morgan fingerprint density at radius 2 is 0.711 bits per heavy atom. The van der Waals surface area contributed by atoms with Crippen LogP contribution < -0.4 is 16.4 Å². The number of nitrogens with one attached hydrogen (secondary N) is 2. The zero-order valence-electron chi connectivity index (χ0n) is 52.6. The van der Waals surface area contributed by atoms with E-state index in [1.54, 1.807) is 62.3 Å². The molecule has 6 aromatic rings. The first-order valence-electron chi connectivity index (χ1n) is 29.9. The van der Waals surface area contributed by atoms with Gasteiger partial charge in [-0.15, -0.1) is 0 Å². The Morgan fingerprint density at radius 3 is 1.06 bits per heavy atom. The number of hydrogen-bond donors (Lipinski definition) is 4. The number of nitrogens with two attached hydrogens (primary N) is 1. The van der Waals surface area contributed by atoms with Gasteiger partial charge in [0.05, 0.1) is 0 Å². The average Bonchev–Trinajstić information content (AvgIpc) is 1.65. The molecular weight excluding hydrogens is 1150 g/mol. The van der Waals surface area contributed by atoms with Crippen LogP contribution in [0.25, 0.3) is 22.3 Å². The number of carbonyl (C=O) groups is 8. The van der Waals surface area contributed by atoms with Crippen molar-refractivity contribution in [2.24, 2.45) is 5.73 Å². The molecule has 2 aliphatic carbocycles. The van der Waals surface area contributed by atoms with E-state index in [2.05, 4.69) is 22.8 Å². The van der Waals surface area contributed by atoms with Gasteiger partial charge < -0.3 is 54.6 Å². The molecule has 5 N–H and O–H groups in total. The van der Waals surface area contributed by atoms with Crippen molar-refractivity contribution in [2.45, 2.75) is 161 Å². The SMILES string of the molecule is CC(C)(C)OC(=O)CC[C@H](N)C(=O)OCc1ccccc1.CC(C)(C)OC(=O)CC[C@H](NC(=O)OCC1c2ccccc2-c2ccccc21)C(=O)O.CC(C)(C)OC(=O)CC[C@H](NC(=O)OCC1c2ccccc2-c2ccccc21)C(=O)OCc1ccccc1. The van der Waals surface area contributed by atoms with E-state index in [1.165, 1.54) is 0 Å². The molecule has 0 spiro atoms. The average molecular weight is 1230 g/mol. The van der Waals surface area contributed by atoms with Crippen LogP contribution >= 0.6 is 0 Å². The molecule has 0 fully saturated rings. The van der Waals surface area contributed by atoms with E-state index in [4.69, 9.17) is 38.9 Å². The van der Waals surface area contributed by atoms with Crippen LogP contribution in [0, 0.1) is 0 Å². The van der Waals surface area contributed by atoms with Crippen molar-refractivity contribution in [3.63, 3.8) is 0 Å². The van der Waals surface area contributed by atoms with Crippen LogP contribution in [0.15, 0.2) is 158 Å². The number of fused-ring (bicyclic) bond motifs is 6. The quantitative estimate of drug-likeness (QED) is 0.0363. The van der Waals surface area contributed by atoms with Gasteiger partial charge in [-0.05, 0) is 137 Å². The second-order valence-electron chi connectivity index (χ2n) is 24.6. The second-order valence-corrected chi connectivity index (χ2v) is 24.6. The lowest BCUT2D eigenvalue weighted by Gasteiger charge is -2.21. The van der Waals surface area contributed by atoms with Crippen LogP contribution in [0.2, 0.25) is 0 Å². The van der Waals surface area contributed by atoms with Crippen LogP contribution in [0.3, 0.4) is 0 Å². The molecule has 2 amide bonds. The summed E-state index contributed by atoms with van der Waals surface area (Å²) in [6, 6.07) is 47.4. The maximum absolute atomic E-state index is 12.9. The molecule has 0 bridgehead atoms. The number of rotatable bonds is 22. The molecule has 19 nitrogen and oxygen atoms in total. The fourth-order valence-electron chi connectivity index (χ4n) is 9.83. The number of amides is 2. The molecule has 3 atom stereocenters. The smallest absolute Gasteiger partial charge is 0.407 e. The van der Waals surface area contributed by atoms with E-state index in [1.807, 2.05) is 146 Å². The Morgan fingerprint density at radius 1 is 0.411 bits per heavy atom. The molecule has 478 valence electrons. The molecule has 0 saturated carbocycles. The van der Waals surface area contributed by atoms with Crippen LogP contribution in [-0.4, -0.2) is 101 Å². The van der Waals surface area contributed by atoms with Crippen molar-refractivity contribution < 1.29 is 76.6 Å². The van der Waals surface area contributed by atoms with E-state index >= 15 is 0 Å². The van der Waals surface area contributed by atoms with Gasteiger partial charge in [-0.2, -0.15) is 0 Å². The highest BCUT2D eigenvalue weighted by atomic mass is 16.6. The van der Waals surface area contributed by atoms with Crippen molar-refractivity contribution in [1.29, 1.82) is 0 Å². The first-order chi connectivity index (χ1) is 42.6. The molecule has 6 aromatic carbocycles. The highest BCUT2D eigenvalue weighted by Gasteiger charge is 2.33. The number of carboxylic acids is 1. The van der Waals surface area contributed by atoms with Gasteiger partial charge in [0, 0.05) is 31.1 Å². The number of carbonyl (C=O) groups excluding carboxylic acids is 7. The molecule has 2 aliphatic rings. The van der Waals surface area contributed by atoms with Gasteiger partial charge in [0.25, 0.3) is 0 Å². The Balaban J connectivity index is 0.000000224. The van der Waals surface area contributed by atoms with Gasteiger partial charge >= 0.3 is 48.0 Å². The molecule has 19 heteroatoms. The molecular formula is C71H83N3O16. The number of hydrogen-bond acceptors (Lipinski definition) is 16. The maximum Gasteiger partial charge on any atom is 0.407 e. The molecule has 0 heterocycles. The van der Waals surface area contributed by atoms with E-state index < -0.39 is 77.0 Å². The third kappa shape index (κ3) is 22.7. The van der Waals surface area contributed by atoms with Crippen LogP contribution in [-0.2, 0) is 75.1 Å². The molecule has 8 rings (SSSR count). The van der Waals surface area contributed by atoms with Crippen molar-refractivity contribution in [2.75, 3.05) is 13.2 Å². The fraction of sp³-hybridized carbons (Fsp3) is 0.380. The highest BCUT2D eigenvalue weighted by molar-refractivity contribution is 5.84. The molecule has 90 heavy (non-hydrogen) atoms. The van der Waals surface area contributed by atoms with Gasteiger partial charge in [-0.3, -0.25) is 19.2 Å². The topological polar surface area (TPSA) is 271 Å². The van der Waals surface area contributed by atoms with Crippen molar-refractivity contribution in [3.8, 4) is 22.3 Å². The molecule has 0 aromatic heterocycles. The summed E-state index contributed by atoms with van der Waals surface area (Å²) in [5.41, 5.74) is 14.3. The second kappa shape index (κ2) is 32.7. The summed E-state index contributed by atoms with van der Waals surface area (Å²) in [7, 11) is 0. The zero-order valence-corrected chi connectivity index (χ0v) is 52.6. The van der Waals surface area contributed by atoms with Crippen molar-refractivity contribution in [1.82, 2.24) is 10.6 Å². The third-order valence-corrected chi connectivity index (χ3v) is 13.8. The van der Waals surface area contributed by atoms with Gasteiger partial charge in [-0.25, -0.2) is 19.2 Å². The van der Waals surface area contributed by atoms with Crippen molar-refractivity contribution in [3.05, 3.63) is 191 Å². The maximum atomic E-state index is 12.9. The Bertz CT molecular complexity index is 3310. The number of esters is 5. The van der Waals surface area contributed by atoms with Gasteiger partial charge in [0.1, 0.15) is 61.4 Å². The summed E-state index contributed by atoms with van der Waals surface area (Å²) in [6.07, 6.45) is -1.54. The Kier molecular flexibility index (Phi) is 25.4. The third-order valence-electron chi connectivity index (χ3n) is 13.8. The lowest BCUT2D eigenvalue weighted by Crippen LogP contribution is -2.43. The molecule has 0 radical (unpaired) electrons. The van der Waals surface area contributed by atoms with E-state index in [9.17, 15) is 43.5 Å². The number of ether oxygens (including phenoxy) is 7. The minimum atomic E-state index is -1.25. The van der Waals surface area contributed by atoms with Crippen LogP contribution in [0.4, 0.5) is 9.59 Å². The number of alkyl carbamates (subject to hydrolysis) is 2. The molecule has 0 unspecified atom stereocenters. The minimum absolute atomic E-state index is 0.0206. The highest BCUT2D eigenvalue weighted by Crippen LogP contribution is 2.46. The van der Waals surface area contributed by atoms with E-state index in [0.717, 1.165) is 55.6 Å². The zero-order chi connectivity index (χ0) is 65.6. The summed E-state index contributed by atoms with van der Waals surface area (Å²) in [5.74, 6) is -3.98. The van der Waals surface area contributed by atoms with Gasteiger partial charge in [-0.1, -0.05) is 158 Å². The number of benzene rings is 6. The molecule has 0 saturated heterocycles. The van der Waals surface area contributed by atoms with Gasteiger partial charge in [0.2, 0.25) is 0 Å². The molecule has 0 aliphatic heterocycles. The first kappa shape index (κ1) is 69.7. The summed E-state index contributed by atoms with van der Waals surface area (Å²) in [5, 5.41) is 14.3. The standard InChI is InChI=1S/C31H33NO6.C24H27NO6.C16H23NO4/c1-31(2,3)38-28(33)18-17-27(29(34)36-19-21-11-5-4-6-12-21)32-30(35)37-20-26-24-15-9-7-13-22(24)23-14-8-10-16-25(23)26;1-24(2,3)31-21(26)13-12-20(22(27)28)25-23(29)30-14-19-17-10-6-4-8-15(17)16-9-5-7-11-18(16)19;1-16(2,3)21-14(18)10-9-13(17)15(19)20-11-12-7-5-4-6-8-12/h4-16,26-27H,17-20H2,1-3H3,(H,32,35);4-11,19-20H,12-14H2,1-3H3,(H,25,29)(H,27,28);4-8,13H,9-11,17H2,1-3H3/t27-;20-;13-/m000/s1. The van der Waals surface area contributed by atoms with E-state index in [0.29, 0.717) is 0 Å². The summed E-state index contributed by atoms with van der Waals surface area (Å²) < 4.78 is 37.2. The van der Waals surface area contributed by atoms with Crippen molar-refractivity contribution >= 4 is 48.0 Å². The largest absolute Gasteiger partial charge is 0.480 e. The van der Waals surface area contributed by atoms with Gasteiger partial charge in [0.15, 0.2) is 0 Å². The predicted molar refractivity (Wildman–Crippen MR) is 337 cm³/mol. The normalized spacial score (nSPS) is 13.2. The van der Waals surface area contributed by atoms with Crippen LogP contribution in [0.1, 0.15) is 146 Å². The summed E-state index contributed by atoms with van der Waals surface area (Å²) in [4.78, 5) is 96.9. The monoisotopic (exact) mass is 1230 g/mol. The van der Waals surface area contributed by atoms with E-state index in [-0.39, 0.29) is 82.8 Å². The first-order valence-corrected chi connectivity index (χ1v) is 29.9.